The summed E-state index contributed by atoms with van der Waals surface area (Å²) in [6.07, 6.45) is -4.93. The van der Waals surface area contributed by atoms with Crippen LogP contribution in [-0.2, 0) is 4.74 Å². The van der Waals surface area contributed by atoms with Crippen LogP contribution in [0.2, 0.25) is 5.02 Å². The molecule has 0 aliphatic carbocycles. The van der Waals surface area contributed by atoms with Gasteiger partial charge in [0.2, 0.25) is 0 Å². The average molecular weight is 310 g/mol. The molecule has 0 fully saturated rings. The van der Waals surface area contributed by atoms with E-state index in [2.05, 4.69) is 0 Å². The van der Waals surface area contributed by atoms with Gasteiger partial charge >= 0.3 is 6.18 Å². The first-order chi connectivity index (χ1) is 9.35. The zero-order valence-electron chi connectivity index (χ0n) is 11.3. The van der Waals surface area contributed by atoms with Crippen molar-refractivity contribution in [3.63, 3.8) is 0 Å². The van der Waals surface area contributed by atoms with Gasteiger partial charge in [-0.2, -0.15) is 13.2 Å². The van der Waals surface area contributed by atoms with E-state index in [0.717, 1.165) is 5.56 Å². The van der Waals surface area contributed by atoms with Gasteiger partial charge in [0.15, 0.2) is 0 Å². The summed E-state index contributed by atoms with van der Waals surface area (Å²) in [5.74, 6) is 0. The fraction of sp³-hybridized carbons (Fsp3) is 0.571. The van der Waals surface area contributed by atoms with Gasteiger partial charge in [-0.05, 0) is 18.9 Å². The van der Waals surface area contributed by atoms with Gasteiger partial charge in [-0.3, -0.25) is 0 Å². The number of benzene rings is 1. The van der Waals surface area contributed by atoms with Gasteiger partial charge in [-0.1, -0.05) is 36.7 Å². The molecule has 114 valence electrons. The van der Waals surface area contributed by atoms with Crippen molar-refractivity contribution in [1.29, 1.82) is 0 Å². The minimum Gasteiger partial charge on any atom is -0.372 e. The van der Waals surface area contributed by atoms with Crippen LogP contribution >= 0.6 is 11.6 Å². The van der Waals surface area contributed by atoms with E-state index in [9.17, 15) is 13.2 Å². The summed E-state index contributed by atoms with van der Waals surface area (Å²) in [6.45, 7) is 1.90. The maximum absolute atomic E-state index is 12.1. The Hall–Kier alpha value is -0.780. The maximum Gasteiger partial charge on any atom is 0.389 e. The van der Waals surface area contributed by atoms with E-state index in [0.29, 0.717) is 11.4 Å². The molecule has 2 unspecified atom stereocenters. The summed E-state index contributed by atoms with van der Waals surface area (Å²) < 4.78 is 41.8. The van der Waals surface area contributed by atoms with Crippen LogP contribution in [0.25, 0.3) is 0 Å². The number of rotatable bonds is 7. The minimum atomic E-state index is -4.16. The van der Waals surface area contributed by atoms with E-state index in [1.807, 2.05) is 6.92 Å². The Bertz CT molecular complexity index is 412. The second-order valence-electron chi connectivity index (χ2n) is 4.60. The molecule has 0 saturated carbocycles. The molecule has 0 radical (unpaired) electrons. The third-order valence-electron chi connectivity index (χ3n) is 2.97. The van der Waals surface area contributed by atoms with Crippen molar-refractivity contribution < 1.29 is 17.9 Å². The third kappa shape index (κ3) is 5.69. The van der Waals surface area contributed by atoms with Crippen molar-refractivity contribution >= 4 is 11.6 Å². The molecule has 20 heavy (non-hydrogen) atoms. The van der Waals surface area contributed by atoms with Gasteiger partial charge in [0.05, 0.1) is 6.10 Å². The van der Waals surface area contributed by atoms with Crippen molar-refractivity contribution in [2.24, 2.45) is 5.73 Å². The molecule has 1 aromatic carbocycles. The molecule has 0 spiro atoms. The predicted molar refractivity (Wildman–Crippen MR) is 73.7 cm³/mol. The van der Waals surface area contributed by atoms with E-state index in [1.54, 1.807) is 24.3 Å². The summed E-state index contributed by atoms with van der Waals surface area (Å²) in [7, 11) is 0. The van der Waals surface area contributed by atoms with Gasteiger partial charge in [0, 0.05) is 29.7 Å². The number of nitrogens with two attached hydrogens (primary N) is 1. The second-order valence-corrected chi connectivity index (χ2v) is 5.01. The number of hydrogen-bond acceptors (Lipinski definition) is 2. The number of ether oxygens (including phenoxy) is 1. The van der Waals surface area contributed by atoms with E-state index in [-0.39, 0.29) is 19.1 Å². The summed E-state index contributed by atoms with van der Waals surface area (Å²) in [5.41, 5.74) is 6.70. The fourth-order valence-electron chi connectivity index (χ4n) is 1.85. The SMILES string of the molecule is CCC(N)C(OCCCC(F)(F)F)c1ccccc1Cl. The van der Waals surface area contributed by atoms with Crippen molar-refractivity contribution in [2.45, 2.75) is 44.5 Å². The van der Waals surface area contributed by atoms with E-state index in [1.165, 1.54) is 0 Å². The summed E-state index contributed by atoms with van der Waals surface area (Å²) in [4.78, 5) is 0. The van der Waals surface area contributed by atoms with Gasteiger partial charge in [-0.25, -0.2) is 0 Å². The van der Waals surface area contributed by atoms with Gasteiger partial charge in [0.25, 0.3) is 0 Å². The zero-order chi connectivity index (χ0) is 15.2. The molecule has 0 aliphatic rings. The third-order valence-corrected chi connectivity index (χ3v) is 3.32. The van der Waals surface area contributed by atoms with Crippen molar-refractivity contribution in [2.75, 3.05) is 6.61 Å². The molecule has 0 saturated heterocycles. The Morgan fingerprint density at radius 2 is 1.95 bits per heavy atom. The largest absolute Gasteiger partial charge is 0.389 e. The Kier molecular flexibility index (Phi) is 6.79. The van der Waals surface area contributed by atoms with Gasteiger partial charge in [-0.15, -0.1) is 0 Å². The lowest BCUT2D eigenvalue weighted by Gasteiger charge is -2.25. The molecule has 0 aromatic heterocycles. The summed E-state index contributed by atoms with van der Waals surface area (Å²) >= 11 is 6.09. The van der Waals surface area contributed by atoms with Crippen molar-refractivity contribution in [3.05, 3.63) is 34.9 Å². The molecule has 0 amide bonds. The molecule has 0 heterocycles. The highest BCUT2D eigenvalue weighted by Gasteiger charge is 2.27. The lowest BCUT2D eigenvalue weighted by molar-refractivity contribution is -0.139. The summed E-state index contributed by atoms with van der Waals surface area (Å²) in [5, 5.41) is 0.511. The predicted octanol–water partition coefficient (Wildman–Crippen LogP) is 4.48. The molecular weight excluding hydrogens is 291 g/mol. The van der Waals surface area contributed by atoms with Crippen LogP contribution in [0.4, 0.5) is 13.2 Å². The Labute approximate surface area is 122 Å². The van der Waals surface area contributed by atoms with E-state index < -0.39 is 18.7 Å². The first kappa shape index (κ1) is 17.3. The number of hydrogen-bond donors (Lipinski definition) is 1. The van der Waals surface area contributed by atoms with Crippen LogP contribution in [0.3, 0.4) is 0 Å². The fourth-order valence-corrected chi connectivity index (χ4v) is 2.09. The molecule has 2 nitrogen and oxygen atoms in total. The average Bonchev–Trinajstić information content (AvgIpc) is 2.38. The number of halogens is 4. The molecular formula is C14H19ClF3NO. The van der Waals surface area contributed by atoms with Crippen LogP contribution in [-0.4, -0.2) is 18.8 Å². The standard InChI is InChI=1S/C14H19ClF3NO/c1-2-12(19)13(10-6-3-4-7-11(10)15)20-9-5-8-14(16,17)18/h3-4,6-7,12-13H,2,5,8-9,19H2,1H3. The topological polar surface area (TPSA) is 35.2 Å². The highest BCUT2D eigenvalue weighted by atomic mass is 35.5. The van der Waals surface area contributed by atoms with Crippen LogP contribution in [0, 0.1) is 0 Å². The Balaban J connectivity index is 2.65. The van der Waals surface area contributed by atoms with Crippen molar-refractivity contribution in [3.8, 4) is 0 Å². The molecule has 0 aliphatic heterocycles. The highest BCUT2D eigenvalue weighted by Crippen LogP contribution is 2.29. The zero-order valence-corrected chi connectivity index (χ0v) is 12.0. The van der Waals surface area contributed by atoms with Gasteiger partial charge < -0.3 is 10.5 Å². The summed E-state index contributed by atoms with van der Waals surface area (Å²) in [6, 6.07) is 6.78. The van der Waals surface area contributed by atoms with Crippen LogP contribution in [0.15, 0.2) is 24.3 Å². The van der Waals surface area contributed by atoms with Crippen molar-refractivity contribution in [1.82, 2.24) is 0 Å². The Morgan fingerprint density at radius 1 is 1.30 bits per heavy atom. The molecule has 0 bridgehead atoms. The minimum absolute atomic E-state index is 0.00308. The van der Waals surface area contributed by atoms with Crippen LogP contribution in [0.5, 0.6) is 0 Å². The molecule has 6 heteroatoms. The highest BCUT2D eigenvalue weighted by molar-refractivity contribution is 6.31. The molecule has 1 rings (SSSR count). The number of alkyl halides is 3. The molecule has 2 atom stereocenters. The molecule has 2 N–H and O–H groups in total. The Morgan fingerprint density at radius 3 is 2.50 bits per heavy atom. The lowest BCUT2D eigenvalue weighted by Crippen LogP contribution is -2.30. The van der Waals surface area contributed by atoms with Gasteiger partial charge in [0.1, 0.15) is 0 Å². The first-order valence-electron chi connectivity index (χ1n) is 6.53. The van der Waals surface area contributed by atoms with E-state index >= 15 is 0 Å². The maximum atomic E-state index is 12.1. The first-order valence-corrected chi connectivity index (χ1v) is 6.91. The lowest BCUT2D eigenvalue weighted by atomic mass is 10.0. The van der Waals surface area contributed by atoms with E-state index in [4.69, 9.17) is 22.1 Å². The molecule has 1 aromatic rings. The van der Waals surface area contributed by atoms with Crippen LogP contribution < -0.4 is 5.73 Å². The normalized spacial score (nSPS) is 15.1. The van der Waals surface area contributed by atoms with Crippen LogP contribution in [0.1, 0.15) is 37.9 Å². The second kappa shape index (κ2) is 7.86. The quantitative estimate of drug-likeness (QED) is 0.754. The smallest absolute Gasteiger partial charge is 0.372 e. The monoisotopic (exact) mass is 309 g/mol.